The number of aromatic nitrogens is 1. The van der Waals surface area contributed by atoms with E-state index in [2.05, 4.69) is 323 Å². The van der Waals surface area contributed by atoms with Crippen LogP contribution in [0, 0.1) is 0 Å². The Kier molecular flexibility index (Phi) is 12.5. The summed E-state index contributed by atoms with van der Waals surface area (Å²) in [5, 5.41) is 9.95. The Morgan fingerprint density at radius 1 is 0.268 bits per heavy atom. The topological polar surface area (TPSA) is 8.17 Å². The van der Waals surface area contributed by atoms with Gasteiger partial charge in [-0.05, 0) is 141 Å². The summed E-state index contributed by atoms with van der Waals surface area (Å²) < 4.78 is 2.48. The van der Waals surface area contributed by atoms with Crippen molar-refractivity contribution in [1.82, 2.24) is 4.57 Å². The molecular weight excluding hydrogens is 989 g/mol. The first-order valence-corrected chi connectivity index (χ1v) is 29.4. The number of fused-ring (bicyclic) bond motifs is 3. The molecule has 2 nitrogen and oxygen atoms in total. The van der Waals surface area contributed by atoms with E-state index < -0.39 is 0 Å². The number of para-hydroxylation sites is 3. The minimum atomic E-state index is -0.0897. The molecule has 0 saturated carbocycles. The highest BCUT2D eigenvalue weighted by Gasteiger charge is 2.27. The fourth-order valence-corrected chi connectivity index (χ4v) is 12.6. The molecule has 1 aromatic heterocycles. The van der Waals surface area contributed by atoms with E-state index in [4.69, 9.17) is 0 Å². The van der Waals surface area contributed by atoms with Gasteiger partial charge in [-0.15, -0.1) is 0 Å². The lowest BCUT2D eigenvalue weighted by Gasteiger charge is -2.32. The van der Waals surface area contributed by atoms with Crippen molar-refractivity contribution in [1.29, 1.82) is 0 Å². The minimum absolute atomic E-state index is 0.0163. The van der Waals surface area contributed by atoms with Crippen LogP contribution in [0.4, 0.5) is 17.1 Å². The summed E-state index contributed by atoms with van der Waals surface area (Å²) in [5.41, 5.74) is 21.9. The maximum absolute atomic E-state index is 2.58. The zero-order valence-electron chi connectivity index (χ0n) is 49.8. The van der Waals surface area contributed by atoms with E-state index in [0.29, 0.717) is 0 Å². The van der Waals surface area contributed by atoms with Crippen LogP contribution in [0.25, 0.3) is 104 Å². The summed E-state index contributed by atoms with van der Waals surface area (Å²) in [6.45, 7) is 27.7. The van der Waals surface area contributed by atoms with E-state index in [1.165, 1.54) is 115 Å². The van der Waals surface area contributed by atoms with Gasteiger partial charge in [0, 0.05) is 32.7 Å². The van der Waals surface area contributed by atoms with Gasteiger partial charge in [0.15, 0.2) is 0 Å². The van der Waals surface area contributed by atoms with Gasteiger partial charge >= 0.3 is 0 Å². The monoisotopic (exact) mass is 1060 g/mol. The Balaban J connectivity index is 1.04. The van der Waals surface area contributed by atoms with Gasteiger partial charge in [-0.25, -0.2) is 0 Å². The fourth-order valence-electron chi connectivity index (χ4n) is 12.6. The van der Waals surface area contributed by atoms with Gasteiger partial charge in [-0.2, -0.15) is 0 Å². The number of rotatable bonds is 8. The first kappa shape index (κ1) is 52.6. The van der Waals surface area contributed by atoms with Gasteiger partial charge in [-0.3, -0.25) is 0 Å². The average Bonchev–Trinajstić information content (AvgIpc) is 3.27. The maximum atomic E-state index is 2.58. The van der Waals surface area contributed by atoms with Gasteiger partial charge in [-0.1, -0.05) is 271 Å². The Morgan fingerprint density at radius 3 is 1.26 bits per heavy atom. The summed E-state index contributed by atoms with van der Waals surface area (Å²) >= 11 is 0. The second-order valence-electron chi connectivity index (χ2n) is 27.1. The van der Waals surface area contributed by atoms with Crippen LogP contribution < -0.4 is 4.90 Å². The number of nitrogens with zero attached hydrogens (tertiary/aromatic N) is 2. The first-order valence-electron chi connectivity index (χ1n) is 29.4. The molecule has 0 saturated heterocycles. The van der Waals surface area contributed by atoms with Crippen molar-refractivity contribution in [3.63, 3.8) is 0 Å². The van der Waals surface area contributed by atoms with Crippen molar-refractivity contribution in [2.75, 3.05) is 4.90 Å². The average molecular weight is 1060 g/mol. The first-order chi connectivity index (χ1) is 39.2. The van der Waals surface area contributed by atoms with Crippen LogP contribution >= 0.6 is 0 Å². The van der Waals surface area contributed by atoms with Crippen LogP contribution in [0.1, 0.15) is 105 Å². The zero-order valence-corrected chi connectivity index (χ0v) is 49.8. The summed E-state index contributed by atoms with van der Waals surface area (Å²) in [7, 11) is 0. The molecule has 404 valence electrons. The predicted molar refractivity (Wildman–Crippen MR) is 356 cm³/mol. The van der Waals surface area contributed by atoms with Crippen LogP contribution in [0.15, 0.2) is 231 Å². The molecule has 13 rings (SSSR count). The largest absolute Gasteiger partial charge is 0.309 e. The second-order valence-corrected chi connectivity index (χ2v) is 27.1. The lowest BCUT2D eigenvalue weighted by Crippen LogP contribution is -2.16. The van der Waals surface area contributed by atoms with Crippen molar-refractivity contribution >= 4 is 71.2 Å². The molecule has 13 aromatic rings. The standard InChI is InChI=1S/C80H74N2/c1-77(2,3)59-39-33-52(34-40-59)51-25-31-55(32-26-51)68-50-60(78(4,5)6)41-46-74(68)81(69-22-16-13-19-63(69)54-29-27-53(28-30-54)58-47-61(79(7,8)9)49-62(48-58)80(10,11)12)72-44-37-56-36-43-67-73(45-38-57-35-42-66(72)75(56)76(57)67)82-70-23-17-14-20-64(70)65-21-15-18-24-71(65)82/h13-50H,1-12H3. The molecule has 0 N–H and O–H groups in total. The quantitative estimate of drug-likeness (QED) is 0.138. The van der Waals surface area contributed by atoms with Crippen molar-refractivity contribution < 1.29 is 0 Å². The summed E-state index contributed by atoms with van der Waals surface area (Å²) in [4.78, 5) is 2.58. The molecule has 1 heterocycles. The third kappa shape index (κ3) is 9.23. The van der Waals surface area contributed by atoms with Crippen LogP contribution in [-0.2, 0) is 21.7 Å². The van der Waals surface area contributed by atoms with Crippen LogP contribution in [0.3, 0.4) is 0 Å². The molecule has 0 aliphatic heterocycles. The van der Waals surface area contributed by atoms with E-state index >= 15 is 0 Å². The maximum Gasteiger partial charge on any atom is 0.0541 e. The van der Waals surface area contributed by atoms with Crippen LogP contribution in [0.5, 0.6) is 0 Å². The lowest BCUT2D eigenvalue weighted by atomic mass is 9.79. The molecule has 0 radical (unpaired) electrons. The molecule has 0 aliphatic carbocycles. The fraction of sp³-hybridized carbons (Fsp3) is 0.200. The highest BCUT2D eigenvalue weighted by atomic mass is 15.1. The van der Waals surface area contributed by atoms with E-state index in [9.17, 15) is 0 Å². The normalized spacial score (nSPS) is 12.6. The number of benzene rings is 12. The molecule has 12 aromatic carbocycles. The number of anilines is 3. The summed E-state index contributed by atoms with van der Waals surface area (Å²) in [5.74, 6) is 0. The van der Waals surface area contributed by atoms with Gasteiger partial charge in [0.25, 0.3) is 0 Å². The van der Waals surface area contributed by atoms with Gasteiger partial charge < -0.3 is 9.47 Å². The lowest BCUT2D eigenvalue weighted by molar-refractivity contribution is 0.569. The molecule has 0 unspecified atom stereocenters. The number of hydrogen-bond acceptors (Lipinski definition) is 1. The molecular formula is C80H74N2. The third-order valence-electron chi connectivity index (χ3n) is 17.4. The van der Waals surface area contributed by atoms with E-state index in [0.717, 1.165) is 28.2 Å². The van der Waals surface area contributed by atoms with Crippen molar-refractivity contribution in [3.05, 3.63) is 253 Å². The molecule has 0 fully saturated rings. The summed E-state index contributed by atoms with van der Waals surface area (Å²) in [6, 6.07) is 87.7. The van der Waals surface area contributed by atoms with Crippen molar-refractivity contribution in [2.24, 2.45) is 0 Å². The molecule has 0 atom stereocenters. The van der Waals surface area contributed by atoms with Gasteiger partial charge in [0.2, 0.25) is 0 Å². The third-order valence-corrected chi connectivity index (χ3v) is 17.4. The van der Waals surface area contributed by atoms with Gasteiger partial charge in [0.1, 0.15) is 0 Å². The molecule has 0 spiro atoms. The van der Waals surface area contributed by atoms with E-state index in [-0.39, 0.29) is 21.7 Å². The molecule has 0 aliphatic rings. The Bertz CT molecular complexity index is 4470. The Labute approximate surface area is 485 Å². The van der Waals surface area contributed by atoms with E-state index in [1.807, 2.05) is 0 Å². The summed E-state index contributed by atoms with van der Waals surface area (Å²) in [6.07, 6.45) is 0. The van der Waals surface area contributed by atoms with Crippen LogP contribution in [-0.4, -0.2) is 4.57 Å². The van der Waals surface area contributed by atoms with E-state index in [1.54, 1.807) is 0 Å². The molecule has 0 amide bonds. The van der Waals surface area contributed by atoms with Gasteiger partial charge in [0.05, 0.1) is 33.8 Å². The minimum Gasteiger partial charge on any atom is -0.309 e. The molecule has 82 heavy (non-hydrogen) atoms. The zero-order chi connectivity index (χ0) is 57.0. The Hall–Kier alpha value is -8.72. The molecule has 2 heteroatoms. The Morgan fingerprint density at radius 2 is 0.683 bits per heavy atom. The highest BCUT2D eigenvalue weighted by Crippen LogP contribution is 2.51. The predicted octanol–water partition coefficient (Wildman–Crippen LogP) is 23.0. The van der Waals surface area contributed by atoms with Crippen molar-refractivity contribution in [2.45, 2.75) is 105 Å². The van der Waals surface area contributed by atoms with Crippen molar-refractivity contribution in [3.8, 4) is 50.2 Å². The smallest absolute Gasteiger partial charge is 0.0541 e. The number of hydrogen-bond donors (Lipinski definition) is 0. The second kappa shape index (κ2) is 19.5. The molecule has 0 bridgehead atoms. The SMILES string of the molecule is CC(C)(C)c1ccc(-c2ccc(-c3cc(C(C)(C)C)ccc3N(c3ccccc3-c3ccc(-c4cc(C(C)(C)C)cc(C(C)(C)C)c4)cc3)c3ccc4ccc5c(-n6c7ccccc7c7ccccc76)ccc6ccc3c4c65)cc2)cc1. The van der Waals surface area contributed by atoms with Crippen LogP contribution in [0.2, 0.25) is 0 Å². The highest BCUT2D eigenvalue weighted by molar-refractivity contribution is 6.28.